The van der Waals surface area contributed by atoms with Crippen LogP contribution in [0.25, 0.3) is 0 Å². The summed E-state index contributed by atoms with van der Waals surface area (Å²) in [5.74, 6) is -0.190. The minimum atomic E-state index is -0.992. The molecule has 114 valence electrons. The third-order valence-electron chi connectivity index (χ3n) is 2.81. The van der Waals surface area contributed by atoms with Gasteiger partial charge in [-0.15, -0.1) is 0 Å². The number of benzene rings is 2. The van der Waals surface area contributed by atoms with E-state index in [0.29, 0.717) is 5.69 Å². The second-order valence-electron chi connectivity index (χ2n) is 4.96. The third kappa shape index (κ3) is 4.34. The third-order valence-corrected chi connectivity index (χ3v) is 2.81. The molecule has 22 heavy (non-hydrogen) atoms. The summed E-state index contributed by atoms with van der Waals surface area (Å²) in [7, 11) is 0. The van der Waals surface area contributed by atoms with Gasteiger partial charge in [0.2, 0.25) is 0 Å². The van der Waals surface area contributed by atoms with Crippen molar-refractivity contribution in [2.75, 3.05) is 5.43 Å². The maximum atomic E-state index is 11.1. The number of nitrogens with one attached hydrogen (secondary N) is 1. The zero-order chi connectivity index (χ0) is 15.9. The van der Waals surface area contributed by atoms with Gasteiger partial charge in [-0.2, -0.15) is 5.10 Å². The molecule has 0 heterocycles. The summed E-state index contributed by atoms with van der Waals surface area (Å²) in [6.45, 7) is 3.94. The van der Waals surface area contributed by atoms with Crippen LogP contribution in [0.1, 0.15) is 29.8 Å². The van der Waals surface area contributed by atoms with Gasteiger partial charge in [0.25, 0.3) is 0 Å². The number of anilines is 1. The van der Waals surface area contributed by atoms with Gasteiger partial charge in [-0.25, -0.2) is 4.79 Å². The predicted molar refractivity (Wildman–Crippen MR) is 86.8 cm³/mol. The molecule has 0 aliphatic heterocycles. The van der Waals surface area contributed by atoms with Crippen LogP contribution in [0.5, 0.6) is 5.75 Å². The first-order valence-corrected chi connectivity index (χ1v) is 6.94. The van der Waals surface area contributed by atoms with Gasteiger partial charge in [-0.05, 0) is 55.8 Å². The highest BCUT2D eigenvalue weighted by atomic mass is 16.5. The molecule has 0 saturated carbocycles. The number of hydrazone groups is 1. The normalized spacial score (nSPS) is 10.9. The summed E-state index contributed by atoms with van der Waals surface area (Å²) < 4.78 is 5.56. The van der Waals surface area contributed by atoms with Gasteiger partial charge in [-0.3, -0.25) is 5.43 Å². The summed E-state index contributed by atoms with van der Waals surface area (Å²) >= 11 is 0. The molecule has 5 heteroatoms. The van der Waals surface area contributed by atoms with Gasteiger partial charge in [-0.1, -0.05) is 12.1 Å². The van der Waals surface area contributed by atoms with E-state index in [1.54, 1.807) is 24.4 Å². The van der Waals surface area contributed by atoms with Crippen LogP contribution in [0, 0.1) is 0 Å². The number of para-hydroxylation sites is 1. The molecular formula is C17H18N2O3. The molecular weight excluding hydrogens is 280 g/mol. The summed E-state index contributed by atoms with van der Waals surface area (Å²) in [6, 6.07) is 14.1. The SMILES string of the molecule is CC(C)Oc1ccc(/C=N/Nc2ccccc2C(=O)O)cc1. The Kier molecular flexibility index (Phi) is 5.14. The number of aromatic carboxylic acids is 1. The fourth-order valence-corrected chi connectivity index (χ4v) is 1.85. The Morgan fingerprint density at radius 3 is 2.50 bits per heavy atom. The molecule has 0 radical (unpaired) electrons. The fraction of sp³-hybridized carbons (Fsp3) is 0.176. The maximum Gasteiger partial charge on any atom is 0.337 e. The summed E-state index contributed by atoms with van der Waals surface area (Å²) in [5.41, 5.74) is 4.26. The van der Waals surface area contributed by atoms with Gasteiger partial charge in [0, 0.05) is 0 Å². The Labute approximate surface area is 129 Å². The minimum Gasteiger partial charge on any atom is -0.491 e. The van der Waals surface area contributed by atoms with Gasteiger partial charge in [0.05, 0.1) is 23.6 Å². The van der Waals surface area contributed by atoms with E-state index >= 15 is 0 Å². The Hall–Kier alpha value is -2.82. The average Bonchev–Trinajstić information content (AvgIpc) is 2.49. The van der Waals surface area contributed by atoms with Crippen LogP contribution in [-0.2, 0) is 0 Å². The first kappa shape index (κ1) is 15.6. The molecule has 0 fully saturated rings. The lowest BCUT2D eigenvalue weighted by atomic mass is 10.2. The molecule has 0 atom stereocenters. The lowest BCUT2D eigenvalue weighted by Crippen LogP contribution is -2.05. The van der Waals surface area contributed by atoms with Crippen molar-refractivity contribution in [2.45, 2.75) is 20.0 Å². The van der Waals surface area contributed by atoms with Crippen LogP contribution in [0.4, 0.5) is 5.69 Å². The standard InChI is InChI=1S/C17H18N2O3/c1-12(2)22-14-9-7-13(8-10-14)11-18-19-16-6-4-3-5-15(16)17(20)21/h3-12,19H,1-2H3,(H,20,21)/b18-11+. The van der Waals surface area contributed by atoms with Crippen molar-refractivity contribution in [3.05, 3.63) is 59.7 Å². The Morgan fingerprint density at radius 1 is 1.18 bits per heavy atom. The first-order chi connectivity index (χ1) is 10.6. The van der Waals surface area contributed by atoms with Crippen molar-refractivity contribution in [3.8, 4) is 5.75 Å². The molecule has 2 N–H and O–H groups in total. The number of carboxylic acids is 1. The monoisotopic (exact) mass is 298 g/mol. The second-order valence-corrected chi connectivity index (χ2v) is 4.96. The molecule has 0 bridgehead atoms. The number of rotatable bonds is 6. The van der Waals surface area contributed by atoms with E-state index in [1.807, 2.05) is 38.1 Å². The van der Waals surface area contributed by atoms with Crippen LogP contribution in [0.15, 0.2) is 53.6 Å². The lowest BCUT2D eigenvalue weighted by molar-refractivity contribution is 0.0698. The predicted octanol–water partition coefficient (Wildman–Crippen LogP) is 3.62. The summed E-state index contributed by atoms with van der Waals surface area (Å²) in [6.07, 6.45) is 1.76. The van der Waals surface area contributed by atoms with Gasteiger partial charge >= 0.3 is 5.97 Å². The van der Waals surface area contributed by atoms with Crippen molar-refractivity contribution >= 4 is 17.9 Å². The van der Waals surface area contributed by atoms with Crippen LogP contribution in [0.2, 0.25) is 0 Å². The second kappa shape index (κ2) is 7.26. The van der Waals surface area contributed by atoms with Crippen molar-refractivity contribution < 1.29 is 14.6 Å². The Morgan fingerprint density at radius 2 is 1.86 bits per heavy atom. The van der Waals surface area contributed by atoms with Crippen molar-refractivity contribution in [3.63, 3.8) is 0 Å². The highest BCUT2D eigenvalue weighted by Crippen LogP contribution is 2.15. The lowest BCUT2D eigenvalue weighted by Gasteiger charge is -2.09. The van der Waals surface area contributed by atoms with E-state index in [9.17, 15) is 4.79 Å². The van der Waals surface area contributed by atoms with Gasteiger partial charge in [0.15, 0.2) is 0 Å². The van der Waals surface area contributed by atoms with Crippen molar-refractivity contribution in [1.82, 2.24) is 0 Å². The molecule has 0 amide bonds. The number of hydrogen-bond acceptors (Lipinski definition) is 4. The number of hydrogen-bond donors (Lipinski definition) is 2. The molecule has 0 saturated heterocycles. The fourth-order valence-electron chi connectivity index (χ4n) is 1.85. The number of carbonyl (C=O) groups is 1. The van der Waals surface area contributed by atoms with E-state index in [2.05, 4.69) is 10.5 Å². The molecule has 2 rings (SSSR count). The minimum absolute atomic E-state index is 0.133. The molecule has 2 aromatic rings. The topological polar surface area (TPSA) is 70.9 Å². The highest BCUT2D eigenvalue weighted by molar-refractivity contribution is 5.94. The van der Waals surface area contributed by atoms with E-state index in [-0.39, 0.29) is 11.7 Å². The summed E-state index contributed by atoms with van der Waals surface area (Å²) in [5, 5.41) is 13.1. The molecule has 0 aliphatic rings. The average molecular weight is 298 g/mol. The van der Waals surface area contributed by atoms with E-state index in [0.717, 1.165) is 11.3 Å². The van der Waals surface area contributed by atoms with Crippen molar-refractivity contribution in [1.29, 1.82) is 0 Å². The zero-order valence-corrected chi connectivity index (χ0v) is 12.5. The van der Waals surface area contributed by atoms with Crippen LogP contribution >= 0.6 is 0 Å². The van der Waals surface area contributed by atoms with Gasteiger partial charge in [0.1, 0.15) is 5.75 Å². The van der Waals surface area contributed by atoms with Crippen LogP contribution in [0.3, 0.4) is 0 Å². The Bertz CT molecular complexity index is 664. The van der Waals surface area contributed by atoms with Gasteiger partial charge < -0.3 is 9.84 Å². The van der Waals surface area contributed by atoms with E-state index in [4.69, 9.17) is 9.84 Å². The highest BCUT2D eigenvalue weighted by Gasteiger charge is 2.07. The molecule has 5 nitrogen and oxygen atoms in total. The van der Waals surface area contributed by atoms with E-state index < -0.39 is 5.97 Å². The Balaban J connectivity index is 2.02. The van der Waals surface area contributed by atoms with Crippen molar-refractivity contribution in [2.24, 2.45) is 5.10 Å². The molecule has 2 aromatic carbocycles. The first-order valence-electron chi connectivity index (χ1n) is 6.94. The maximum absolute atomic E-state index is 11.1. The number of ether oxygens (including phenoxy) is 1. The zero-order valence-electron chi connectivity index (χ0n) is 12.5. The molecule has 0 aromatic heterocycles. The molecule has 0 spiro atoms. The number of nitrogens with zero attached hydrogens (tertiary/aromatic N) is 1. The number of carboxylic acid groups (broad SMARTS) is 1. The molecule has 0 unspecified atom stereocenters. The van der Waals surface area contributed by atoms with E-state index in [1.165, 1.54) is 6.07 Å². The van der Waals surface area contributed by atoms with Crippen LogP contribution in [-0.4, -0.2) is 23.4 Å². The van der Waals surface area contributed by atoms with Crippen LogP contribution < -0.4 is 10.2 Å². The largest absolute Gasteiger partial charge is 0.491 e. The molecule has 0 aliphatic carbocycles. The quantitative estimate of drug-likeness (QED) is 0.631. The smallest absolute Gasteiger partial charge is 0.337 e. The summed E-state index contributed by atoms with van der Waals surface area (Å²) in [4.78, 5) is 11.1.